The first-order valence-electron chi connectivity index (χ1n) is 11.6. The van der Waals surface area contributed by atoms with Crippen LogP contribution in [0.1, 0.15) is 78.7 Å². The molecule has 1 aromatic carbocycles. The van der Waals surface area contributed by atoms with Gasteiger partial charge in [0.15, 0.2) is 0 Å². The van der Waals surface area contributed by atoms with E-state index in [9.17, 15) is 13.5 Å². The Hall–Kier alpha value is -0.910. The lowest BCUT2D eigenvalue weighted by molar-refractivity contribution is 0.00908. The molecule has 0 amide bonds. The van der Waals surface area contributed by atoms with Gasteiger partial charge in [-0.1, -0.05) is 64.7 Å². The number of hydrogen-bond donors (Lipinski definition) is 1. The maximum absolute atomic E-state index is 12.6. The van der Waals surface area contributed by atoms with Crippen LogP contribution >= 0.6 is 0 Å². The fraction of sp³-hybridized carbons (Fsp3) is 0.760. The Labute approximate surface area is 184 Å². The minimum absolute atomic E-state index is 0.117. The van der Waals surface area contributed by atoms with Crippen molar-refractivity contribution in [1.82, 2.24) is 0 Å². The summed E-state index contributed by atoms with van der Waals surface area (Å²) in [6.45, 7) is 13.1. The second-order valence-corrected chi connectivity index (χ2v) is 11.8. The molecule has 5 atom stereocenters. The van der Waals surface area contributed by atoms with Crippen LogP contribution in [0.5, 0.6) is 0 Å². The van der Waals surface area contributed by atoms with Gasteiger partial charge in [0.25, 0.3) is 10.1 Å². The van der Waals surface area contributed by atoms with E-state index >= 15 is 0 Å². The Balaban J connectivity index is 2.06. The molecule has 1 aliphatic rings. The van der Waals surface area contributed by atoms with Crippen LogP contribution in [0.2, 0.25) is 0 Å². The van der Waals surface area contributed by atoms with E-state index in [1.807, 2.05) is 13.8 Å². The zero-order chi connectivity index (χ0) is 22.5. The number of aryl methyl sites for hydroxylation is 1. The van der Waals surface area contributed by atoms with E-state index in [-0.39, 0.29) is 22.8 Å². The fourth-order valence-corrected chi connectivity index (χ4v) is 6.49. The first kappa shape index (κ1) is 25.4. The Kier molecular flexibility index (Phi) is 8.96. The molecule has 0 radical (unpaired) electrons. The van der Waals surface area contributed by atoms with Crippen molar-refractivity contribution in [3.63, 3.8) is 0 Å². The largest absolute Gasteiger partial charge is 0.393 e. The summed E-state index contributed by atoms with van der Waals surface area (Å²) in [7, 11) is -3.76. The number of aliphatic hydroxyl groups excluding tert-OH is 1. The van der Waals surface area contributed by atoms with E-state index < -0.39 is 16.2 Å². The first-order valence-corrected chi connectivity index (χ1v) is 13.0. The van der Waals surface area contributed by atoms with Gasteiger partial charge in [0.05, 0.1) is 17.6 Å². The quantitative estimate of drug-likeness (QED) is 0.341. The van der Waals surface area contributed by atoms with Gasteiger partial charge in [-0.05, 0) is 74.3 Å². The first-order chi connectivity index (χ1) is 14.0. The highest BCUT2D eigenvalue weighted by molar-refractivity contribution is 7.86. The molecule has 0 unspecified atom stereocenters. The molecule has 0 aromatic heterocycles. The van der Waals surface area contributed by atoms with E-state index in [1.165, 1.54) is 19.3 Å². The third-order valence-corrected chi connectivity index (χ3v) is 8.71. The van der Waals surface area contributed by atoms with E-state index in [0.717, 1.165) is 24.3 Å². The summed E-state index contributed by atoms with van der Waals surface area (Å²) in [5, 5.41) is 10.4. The Morgan fingerprint density at radius 3 is 2.23 bits per heavy atom. The summed E-state index contributed by atoms with van der Waals surface area (Å²) in [5.41, 5.74) is 0.898. The molecule has 1 saturated carbocycles. The van der Waals surface area contributed by atoms with Gasteiger partial charge in [-0.15, -0.1) is 0 Å². The maximum atomic E-state index is 12.6. The van der Waals surface area contributed by atoms with Crippen LogP contribution in [0.25, 0.3) is 0 Å². The highest BCUT2D eigenvalue weighted by Gasteiger charge is 2.49. The SMILES string of the molecule is Cc1ccc(S(=O)(=O)OCC[C@]2(C)[C@@H]([C@H](C)CCCC(C)C)CC[C@H]2[C@@H]([13CH3])O)cc1. The summed E-state index contributed by atoms with van der Waals surface area (Å²) < 4.78 is 30.6. The average molecular weight is 440 g/mol. The van der Waals surface area contributed by atoms with Crippen molar-refractivity contribution in [2.24, 2.45) is 29.1 Å². The summed E-state index contributed by atoms with van der Waals surface area (Å²) in [6.07, 6.45) is 6.00. The Bertz CT molecular complexity index is 754. The van der Waals surface area contributed by atoms with Gasteiger partial charge in [0, 0.05) is 0 Å². The normalized spacial score (nSPS) is 26.8. The summed E-state index contributed by atoms with van der Waals surface area (Å²) in [4.78, 5) is 0.204. The van der Waals surface area contributed by atoms with Crippen molar-refractivity contribution < 1.29 is 17.7 Å². The molecule has 2 rings (SSSR count). The zero-order valence-corrected chi connectivity index (χ0v) is 20.5. The number of benzene rings is 1. The molecule has 0 saturated heterocycles. The lowest BCUT2D eigenvalue weighted by Crippen LogP contribution is -2.38. The lowest BCUT2D eigenvalue weighted by atomic mass is 9.66. The van der Waals surface area contributed by atoms with Crippen LogP contribution in [0.4, 0.5) is 0 Å². The number of aliphatic hydroxyl groups is 1. The summed E-state index contributed by atoms with van der Waals surface area (Å²) >= 11 is 0. The topological polar surface area (TPSA) is 63.6 Å². The van der Waals surface area contributed by atoms with Crippen molar-refractivity contribution >= 4 is 10.1 Å². The molecule has 30 heavy (non-hydrogen) atoms. The van der Waals surface area contributed by atoms with Gasteiger partial charge in [0.1, 0.15) is 0 Å². The molecule has 5 heteroatoms. The van der Waals surface area contributed by atoms with Crippen molar-refractivity contribution in [3.8, 4) is 0 Å². The molecule has 1 N–H and O–H groups in total. The molecule has 1 aliphatic carbocycles. The molecule has 0 bridgehead atoms. The van der Waals surface area contributed by atoms with Crippen LogP contribution in [0.3, 0.4) is 0 Å². The zero-order valence-electron chi connectivity index (χ0n) is 19.7. The van der Waals surface area contributed by atoms with Gasteiger partial charge in [0.2, 0.25) is 0 Å². The van der Waals surface area contributed by atoms with Gasteiger partial charge in [-0.25, -0.2) is 0 Å². The second kappa shape index (κ2) is 10.6. The van der Waals surface area contributed by atoms with Crippen LogP contribution in [0.15, 0.2) is 29.2 Å². The molecular formula is C25H42O4S. The number of hydrogen-bond acceptors (Lipinski definition) is 4. The van der Waals surface area contributed by atoms with Gasteiger partial charge >= 0.3 is 0 Å². The molecule has 1 aromatic rings. The molecule has 172 valence electrons. The number of rotatable bonds is 11. The predicted octanol–water partition coefficient (Wildman–Crippen LogP) is 5.97. The van der Waals surface area contributed by atoms with Crippen LogP contribution in [-0.2, 0) is 14.3 Å². The minimum atomic E-state index is -3.76. The van der Waals surface area contributed by atoms with E-state index in [4.69, 9.17) is 4.18 Å². The van der Waals surface area contributed by atoms with Crippen molar-refractivity contribution in [3.05, 3.63) is 29.8 Å². The fourth-order valence-electron chi connectivity index (χ4n) is 5.58. The van der Waals surface area contributed by atoms with Crippen molar-refractivity contribution in [1.29, 1.82) is 0 Å². The lowest BCUT2D eigenvalue weighted by Gasteiger charge is -2.41. The van der Waals surface area contributed by atoms with E-state index in [0.29, 0.717) is 18.3 Å². The van der Waals surface area contributed by atoms with Crippen LogP contribution in [-0.4, -0.2) is 26.2 Å². The van der Waals surface area contributed by atoms with Crippen LogP contribution in [0, 0.1) is 36.0 Å². The molecule has 0 spiro atoms. The monoisotopic (exact) mass is 439 g/mol. The Morgan fingerprint density at radius 2 is 1.67 bits per heavy atom. The molecule has 0 aliphatic heterocycles. The summed E-state index contributed by atoms with van der Waals surface area (Å²) in [6, 6.07) is 6.76. The standard InChI is InChI=1S/C25H42O4S/c1-18(2)8-7-9-20(4)23-14-15-24(21(5)26)25(23,6)16-17-29-30(27,28)22-12-10-19(3)11-13-22/h10-13,18,20-21,23-24,26H,7-9,14-17H2,1-6H3/t20-,21-,23-,24+,25-/m1/s1/i5+1. The highest BCUT2D eigenvalue weighted by atomic mass is 32.2. The molecule has 4 nitrogen and oxygen atoms in total. The van der Waals surface area contributed by atoms with Crippen LogP contribution < -0.4 is 0 Å². The molecule has 0 heterocycles. The maximum Gasteiger partial charge on any atom is 0.296 e. The van der Waals surface area contributed by atoms with Gasteiger partial charge < -0.3 is 5.11 Å². The van der Waals surface area contributed by atoms with Gasteiger partial charge in [-0.3, -0.25) is 4.18 Å². The third kappa shape index (κ3) is 6.30. The average Bonchev–Trinajstić information content (AvgIpc) is 2.99. The third-order valence-electron chi connectivity index (χ3n) is 7.38. The minimum Gasteiger partial charge on any atom is -0.393 e. The smallest absolute Gasteiger partial charge is 0.296 e. The van der Waals surface area contributed by atoms with Crippen molar-refractivity contribution in [2.45, 2.75) is 91.1 Å². The van der Waals surface area contributed by atoms with E-state index in [1.54, 1.807) is 24.3 Å². The summed E-state index contributed by atoms with van der Waals surface area (Å²) in [5.74, 6) is 1.94. The molecule has 1 fully saturated rings. The van der Waals surface area contributed by atoms with E-state index in [2.05, 4.69) is 27.7 Å². The Morgan fingerprint density at radius 1 is 1.07 bits per heavy atom. The second-order valence-electron chi connectivity index (χ2n) is 10.2. The highest BCUT2D eigenvalue weighted by Crippen LogP contribution is 2.55. The molecular weight excluding hydrogens is 397 g/mol. The van der Waals surface area contributed by atoms with Gasteiger partial charge in [-0.2, -0.15) is 8.42 Å². The van der Waals surface area contributed by atoms with Crippen molar-refractivity contribution in [2.75, 3.05) is 6.61 Å². The predicted molar refractivity (Wildman–Crippen MR) is 123 cm³/mol.